The van der Waals surface area contributed by atoms with Gasteiger partial charge in [0.05, 0.1) is 0 Å². The molecule has 0 saturated carbocycles. The first-order chi connectivity index (χ1) is 12.2. The fourth-order valence-electron chi connectivity index (χ4n) is 2.17. The number of nitrogens with one attached hydrogen (secondary N) is 2. The van der Waals surface area contributed by atoms with E-state index < -0.39 is 0 Å². The molecule has 3 rings (SSSR count). The van der Waals surface area contributed by atoms with Crippen molar-refractivity contribution in [2.24, 2.45) is 5.73 Å². The van der Waals surface area contributed by atoms with E-state index in [4.69, 9.17) is 10.5 Å². The Bertz CT molecular complexity index is 844. The summed E-state index contributed by atoms with van der Waals surface area (Å²) in [7, 11) is 0. The van der Waals surface area contributed by atoms with Crippen molar-refractivity contribution in [2.75, 3.05) is 18.5 Å². The number of benzene rings is 1. The van der Waals surface area contributed by atoms with Crippen LogP contribution in [0.4, 0.5) is 11.6 Å². The Morgan fingerprint density at radius 3 is 2.68 bits per heavy atom. The van der Waals surface area contributed by atoms with E-state index >= 15 is 0 Å². The summed E-state index contributed by atoms with van der Waals surface area (Å²) in [4.78, 5) is 8.88. The lowest BCUT2D eigenvalue weighted by Gasteiger charge is -2.08. The van der Waals surface area contributed by atoms with Crippen molar-refractivity contribution >= 4 is 23.8 Å². The minimum absolute atomic E-state index is 0.389. The molecule has 0 aliphatic rings. The minimum Gasteiger partial charge on any atom is -0.476 e. The van der Waals surface area contributed by atoms with Crippen LogP contribution in [0.3, 0.4) is 0 Å². The second-order valence-corrected chi connectivity index (χ2v) is 5.39. The summed E-state index contributed by atoms with van der Waals surface area (Å²) >= 11 is 0. The maximum absolute atomic E-state index is 5.55. The van der Waals surface area contributed by atoms with Crippen molar-refractivity contribution in [1.82, 2.24) is 20.2 Å². The summed E-state index contributed by atoms with van der Waals surface area (Å²) in [6, 6.07) is 13.6. The highest BCUT2D eigenvalue weighted by atomic mass is 16.5. The summed E-state index contributed by atoms with van der Waals surface area (Å²) < 4.78 is 5.55. The molecule has 7 heteroatoms. The van der Waals surface area contributed by atoms with Gasteiger partial charge in [-0.2, -0.15) is 10.1 Å². The molecule has 7 nitrogen and oxygen atoms in total. The maximum Gasteiger partial charge on any atom is 0.219 e. The average Bonchev–Trinajstić information content (AvgIpc) is 3.04. The molecule has 25 heavy (non-hydrogen) atoms. The van der Waals surface area contributed by atoms with Crippen LogP contribution in [0.2, 0.25) is 0 Å². The number of rotatable bonds is 7. The molecule has 0 spiro atoms. The van der Waals surface area contributed by atoms with Crippen LogP contribution < -0.4 is 15.8 Å². The zero-order valence-corrected chi connectivity index (χ0v) is 13.9. The molecule has 0 fully saturated rings. The molecule has 1 aromatic carbocycles. The van der Waals surface area contributed by atoms with Crippen molar-refractivity contribution in [1.29, 1.82) is 0 Å². The molecular weight excluding hydrogens is 316 g/mol. The number of nitrogens with two attached hydrogens (primary N) is 1. The summed E-state index contributed by atoms with van der Waals surface area (Å²) in [5.41, 5.74) is 7.53. The number of ether oxygens (including phenoxy) is 1. The van der Waals surface area contributed by atoms with E-state index in [0.29, 0.717) is 36.5 Å². The molecular formula is C18H20N6O. The molecule has 2 heterocycles. The van der Waals surface area contributed by atoms with Crippen molar-refractivity contribution in [2.45, 2.75) is 6.92 Å². The van der Waals surface area contributed by atoms with Crippen molar-refractivity contribution < 1.29 is 4.74 Å². The van der Waals surface area contributed by atoms with Crippen LogP contribution in [-0.2, 0) is 0 Å². The van der Waals surface area contributed by atoms with Gasteiger partial charge in [-0.25, -0.2) is 4.98 Å². The van der Waals surface area contributed by atoms with Crippen LogP contribution in [0, 0.1) is 6.92 Å². The Labute approximate surface area is 146 Å². The van der Waals surface area contributed by atoms with E-state index in [-0.39, 0.29) is 0 Å². The van der Waals surface area contributed by atoms with Crippen molar-refractivity contribution in [3.63, 3.8) is 0 Å². The van der Waals surface area contributed by atoms with Crippen LogP contribution in [-0.4, -0.2) is 33.3 Å². The van der Waals surface area contributed by atoms with Crippen LogP contribution in [0.15, 0.2) is 42.5 Å². The van der Waals surface area contributed by atoms with Gasteiger partial charge in [-0.3, -0.25) is 5.10 Å². The Balaban J connectivity index is 1.85. The largest absolute Gasteiger partial charge is 0.476 e. The molecule has 0 bridgehead atoms. The van der Waals surface area contributed by atoms with Crippen LogP contribution >= 0.6 is 0 Å². The predicted octanol–water partition coefficient (Wildman–Crippen LogP) is 2.76. The van der Waals surface area contributed by atoms with E-state index in [9.17, 15) is 0 Å². The van der Waals surface area contributed by atoms with Crippen LogP contribution in [0.1, 0.15) is 17.1 Å². The lowest BCUT2D eigenvalue weighted by atomic mass is 10.2. The third kappa shape index (κ3) is 4.89. The van der Waals surface area contributed by atoms with Gasteiger partial charge in [0.15, 0.2) is 11.6 Å². The van der Waals surface area contributed by atoms with Gasteiger partial charge in [-0.15, -0.1) is 0 Å². The lowest BCUT2D eigenvalue weighted by molar-refractivity contribution is 0.315. The van der Waals surface area contributed by atoms with Crippen molar-refractivity contribution in [3.8, 4) is 5.88 Å². The first-order valence-corrected chi connectivity index (χ1v) is 7.97. The fraction of sp³-hybridized carbons (Fsp3) is 0.167. The van der Waals surface area contributed by atoms with E-state index in [0.717, 1.165) is 11.3 Å². The summed E-state index contributed by atoms with van der Waals surface area (Å²) in [5, 5.41) is 10.2. The molecule has 0 aliphatic heterocycles. The van der Waals surface area contributed by atoms with E-state index in [1.807, 2.05) is 55.5 Å². The number of aromatic nitrogens is 4. The lowest BCUT2D eigenvalue weighted by Crippen LogP contribution is -2.12. The molecule has 0 amide bonds. The molecule has 128 valence electrons. The highest BCUT2D eigenvalue weighted by molar-refractivity contribution is 5.67. The number of aryl methyl sites for hydroxylation is 1. The first-order valence-electron chi connectivity index (χ1n) is 7.97. The zero-order chi connectivity index (χ0) is 17.5. The minimum atomic E-state index is 0.389. The predicted molar refractivity (Wildman–Crippen MR) is 98.6 cm³/mol. The number of hydrogen-bond donors (Lipinski definition) is 3. The Morgan fingerprint density at radius 2 is 1.96 bits per heavy atom. The van der Waals surface area contributed by atoms with Gasteiger partial charge in [-0.1, -0.05) is 36.4 Å². The Hall–Kier alpha value is -3.19. The Morgan fingerprint density at radius 1 is 1.12 bits per heavy atom. The number of H-pyrrole nitrogens is 1. The summed E-state index contributed by atoms with van der Waals surface area (Å²) in [6.45, 7) is 2.74. The van der Waals surface area contributed by atoms with E-state index in [1.54, 1.807) is 6.07 Å². The normalized spacial score (nSPS) is 11.0. The molecule has 2 aromatic heterocycles. The second-order valence-electron chi connectivity index (χ2n) is 5.39. The molecule has 0 atom stereocenters. The molecule has 3 aromatic rings. The highest BCUT2D eigenvalue weighted by Crippen LogP contribution is 2.19. The molecule has 4 N–H and O–H groups in total. The number of aromatic amines is 1. The zero-order valence-electron chi connectivity index (χ0n) is 13.9. The quantitative estimate of drug-likeness (QED) is 0.613. The molecule has 0 unspecified atom stereocenters. The number of hydrogen-bond acceptors (Lipinski definition) is 6. The van der Waals surface area contributed by atoms with Crippen molar-refractivity contribution in [3.05, 3.63) is 59.5 Å². The van der Waals surface area contributed by atoms with Gasteiger partial charge in [0.1, 0.15) is 12.4 Å². The van der Waals surface area contributed by atoms with Crippen LogP contribution in [0.25, 0.3) is 12.2 Å². The SMILES string of the molecule is Cc1cc(Nc2cc(OCCN)nc(/C=C/c3ccccc3)n2)n[nH]1. The first kappa shape index (κ1) is 16.7. The van der Waals surface area contributed by atoms with Gasteiger partial charge in [0.25, 0.3) is 0 Å². The molecule has 0 saturated heterocycles. The molecule has 0 radical (unpaired) electrons. The van der Waals surface area contributed by atoms with Gasteiger partial charge in [0.2, 0.25) is 5.88 Å². The standard InChI is InChI=1S/C18H20N6O/c1-13-11-17(24-23-13)21-16-12-18(25-10-9-19)22-15(20-16)8-7-14-5-3-2-4-6-14/h2-8,11-12H,9-10,19H2,1H3,(H2,20,21,22,23,24)/b8-7+. The van der Waals surface area contributed by atoms with Gasteiger partial charge in [-0.05, 0) is 18.6 Å². The number of anilines is 2. The fourth-order valence-corrected chi connectivity index (χ4v) is 2.17. The van der Waals surface area contributed by atoms with Crippen LogP contribution in [0.5, 0.6) is 5.88 Å². The third-order valence-corrected chi connectivity index (χ3v) is 3.27. The maximum atomic E-state index is 5.55. The van der Waals surface area contributed by atoms with E-state index in [1.165, 1.54) is 0 Å². The Kier molecular flexibility index (Phi) is 5.38. The van der Waals surface area contributed by atoms with Gasteiger partial charge < -0.3 is 15.8 Å². The smallest absolute Gasteiger partial charge is 0.219 e. The van der Waals surface area contributed by atoms with E-state index in [2.05, 4.69) is 25.5 Å². The highest BCUT2D eigenvalue weighted by Gasteiger charge is 2.06. The topological polar surface area (TPSA) is 102 Å². The second kappa shape index (κ2) is 8.07. The summed E-state index contributed by atoms with van der Waals surface area (Å²) in [6.07, 6.45) is 3.79. The average molecular weight is 336 g/mol. The van der Waals surface area contributed by atoms with Gasteiger partial charge >= 0.3 is 0 Å². The third-order valence-electron chi connectivity index (χ3n) is 3.27. The monoisotopic (exact) mass is 336 g/mol. The number of nitrogens with zero attached hydrogens (tertiary/aromatic N) is 3. The summed E-state index contributed by atoms with van der Waals surface area (Å²) in [5.74, 6) is 2.27. The van der Waals surface area contributed by atoms with Gasteiger partial charge in [0, 0.05) is 24.4 Å². The molecule has 0 aliphatic carbocycles.